The Hall–Kier alpha value is -2.49. The number of aryl methyl sites for hydroxylation is 1. The zero-order valence-corrected chi connectivity index (χ0v) is 14.1. The third-order valence-electron chi connectivity index (χ3n) is 3.17. The van der Waals surface area contributed by atoms with Crippen molar-refractivity contribution in [3.05, 3.63) is 59.7 Å². The Morgan fingerprint density at radius 3 is 2.22 bits per heavy atom. The number of benzene rings is 2. The zero-order valence-electron chi connectivity index (χ0n) is 14.1. The van der Waals surface area contributed by atoms with Gasteiger partial charge in [-0.2, -0.15) is 0 Å². The van der Waals surface area contributed by atoms with Crippen molar-refractivity contribution in [2.45, 2.75) is 39.8 Å². The van der Waals surface area contributed by atoms with Gasteiger partial charge in [-0.05, 0) is 45.4 Å². The van der Waals surface area contributed by atoms with Crippen LogP contribution in [0.15, 0.2) is 48.5 Å². The van der Waals surface area contributed by atoms with E-state index in [1.807, 2.05) is 45.0 Å². The minimum Gasteiger partial charge on any atom is -0.444 e. The molecule has 0 aliphatic carbocycles. The largest absolute Gasteiger partial charge is 0.444 e. The van der Waals surface area contributed by atoms with E-state index in [-0.39, 0.29) is 0 Å². The van der Waals surface area contributed by atoms with Gasteiger partial charge in [0.05, 0.1) is 11.4 Å². The molecule has 0 atom stereocenters. The minimum atomic E-state index is -0.519. The molecule has 0 saturated carbocycles. The topological polar surface area (TPSA) is 50.4 Å². The molecule has 0 heterocycles. The number of carbonyl (C=O) groups excluding carboxylic acids is 1. The summed E-state index contributed by atoms with van der Waals surface area (Å²) in [4.78, 5) is 11.9. The Morgan fingerprint density at radius 1 is 1.00 bits per heavy atom. The summed E-state index contributed by atoms with van der Waals surface area (Å²) in [6.45, 7) is 8.28. The number of amides is 1. The lowest BCUT2D eigenvalue weighted by Gasteiger charge is -2.20. The molecule has 4 heteroatoms. The number of anilines is 2. The smallest absolute Gasteiger partial charge is 0.412 e. The van der Waals surface area contributed by atoms with Gasteiger partial charge >= 0.3 is 6.09 Å². The Labute approximate surface area is 137 Å². The van der Waals surface area contributed by atoms with Crippen LogP contribution < -0.4 is 10.6 Å². The van der Waals surface area contributed by atoms with Gasteiger partial charge in [0.1, 0.15) is 5.60 Å². The quantitative estimate of drug-likeness (QED) is 0.839. The van der Waals surface area contributed by atoms with E-state index in [2.05, 4.69) is 41.8 Å². The highest BCUT2D eigenvalue weighted by Crippen LogP contribution is 2.22. The highest BCUT2D eigenvalue weighted by Gasteiger charge is 2.17. The van der Waals surface area contributed by atoms with E-state index in [0.29, 0.717) is 12.2 Å². The molecule has 23 heavy (non-hydrogen) atoms. The Morgan fingerprint density at radius 2 is 1.61 bits per heavy atom. The lowest BCUT2D eigenvalue weighted by molar-refractivity contribution is 0.0636. The molecule has 0 spiro atoms. The second-order valence-electron chi connectivity index (χ2n) is 6.51. The second-order valence-corrected chi connectivity index (χ2v) is 6.51. The van der Waals surface area contributed by atoms with Gasteiger partial charge in [0.2, 0.25) is 0 Å². The van der Waals surface area contributed by atoms with E-state index in [1.54, 1.807) is 0 Å². The molecule has 2 N–H and O–H groups in total. The molecule has 0 aromatic heterocycles. The van der Waals surface area contributed by atoms with Crippen LogP contribution in [0.25, 0.3) is 0 Å². The van der Waals surface area contributed by atoms with Crippen molar-refractivity contribution in [1.29, 1.82) is 0 Å². The van der Waals surface area contributed by atoms with Crippen molar-refractivity contribution in [3.63, 3.8) is 0 Å². The fourth-order valence-electron chi connectivity index (χ4n) is 2.06. The maximum Gasteiger partial charge on any atom is 0.412 e. The van der Waals surface area contributed by atoms with Crippen molar-refractivity contribution in [3.8, 4) is 0 Å². The fraction of sp³-hybridized carbons (Fsp3) is 0.316. The molecular formula is C19H24N2O2. The Bertz CT molecular complexity index is 658. The number of carbonyl (C=O) groups is 1. The molecule has 2 aromatic rings. The van der Waals surface area contributed by atoms with E-state index < -0.39 is 11.7 Å². The molecule has 0 aliphatic rings. The first-order valence-electron chi connectivity index (χ1n) is 7.72. The second kappa shape index (κ2) is 7.18. The van der Waals surface area contributed by atoms with Crippen molar-refractivity contribution in [2.24, 2.45) is 0 Å². The summed E-state index contributed by atoms with van der Waals surface area (Å²) >= 11 is 0. The number of hydrogen-bond donors (Lipinski definition) is 2. The first-order chi connectivity index (χ1) is 10.8. The van der Waals surface area contributed by atoms with E-state index in [4.69, 9.17) is 4.74 Å². The maximum absolute atomic E-state index is 11.9. The lowest BCUT2D eigenvalue weighted by atomic mass is 10.1. The van der Waals surface area contributed by atoms with Gasteiger partial charge in [-0.25, -0.2) is 4.79 Å². The highest BCUT2D eigenvalue weighted by atomic mass is 16.6. The summed E-state index contributed by atoms with van der Waals surface area (Å²) in [7, 11) is 0. The first-order valence-corrected chi connectivity index (χ1v) is 7.72. The minimum absolute atomic E-state index is 0.456. The molecule has 0 unspecified atom stereocenters. The van der Waals surface area contributed by atoms with E-state index >= 15 is 0 Å². The van der Waals surface area contributed by atoms with Crippen LogP contribution in [0.4, 0.5) is 16.2 Å². The summed E-state index contributed by atoms with van der Waals surface area (Å²) in [6, 6.07) is 15.9. The molecule has 0 fully saturated rings. The predicted octanol–water partition coefficient (Wildman–Crippen LogP) is 4.95. The van der Waals surface area contributed by atoms with E-state index in [0.717, 1.165) is 5.69 Å². The predicted molar refractivity (Wildman–Crippen MR) is 94.8 cm³/mol. The molecule has 2 aromatic carbocycles. The van der Waals surface area contributed by atoms with Gasteiger partial charge in [-0.3, -0.25) is 5.32 Å². The third kappa shape index (κ3) is 5.66. The average Bonchev–Trinajstić information content (AvgIpc) is 2.46. The van der Waals surface area contributed by atoms with Crippen molar-refractivity contribution >= 4 is 17.5 Å². The van der Waals surface area contributed by atoms with Crippen LogP contribution in [0.2, 0.25) is 0 Å². The number of nitrogens with one attached hydrogen (secondary N) is 2. The van der Waals surface area contributed by atoms with Crippen LogP contribution in [-0.4, -0.2) is 11.7 Å². The molecule has 0 bridgehead atoms. The number of ether oxygens (including phenoxy) is 1. The van der Waals surface area contributed by atoms with Gasteiger partial charge in [0, 0.05) is 6.54 Å². The van der Waals surface area contributed by atoms with Gasteiger partial charge < -0.3 is 10.1 Å². The third-order valence-corrected chi connectivity index (χ3v) is 3.17. The van der Waals surface area contributed by atoms with Crippen LogP contribution in [0.3, 0.4) is 0 Å². The van der Waals surface area contributed by atoms with E-state index in [9.17, 15) is 4.79 Å². The zero-order chi connectivity index (χ0) is 16.9. The molecule has 0 aliphatic heterocycles. The molecule has 4 nitrogen and oxygen atoms in total. The normalized spacial score (nSPS) is 11.0. The summed E-state index contributed by atoms with van der Waals surface area (Å²) < 4.78 is 5.29. The first kappa shape index (κ1) is 16.9. The van der Waals surface area contributed by atoms with Crippen molar-refractivity contribution < 1.29 is 9.53 Å². The van der Waals surface area contributed by atoms with Crippen molar-refractivity contribution in [2.75, 3.05) is 10.6 Å². The van der Waals surface area contributed by atoms with Crippen LogP contribution in [0, 0.1) is 6.92 Å². The summed E-state index contributed by atoms with van der Waals surface area (Å²) in [5.74, 6) is 0. The monoisotopic (exact) mass is 312 g/mol. The van der Waals surface area contributed by atoms with Crippen LogP contribution in [0.1, 0.15) is 31.9 Å². The summed E-state index contributed by atoms with van der Waals surface area (Å²) in [6.07, 6.45) is -0.456. The average molecular weight is 312 g/mol. The van der Waals surface area contributed by atoms with Gasteiger partial charge in [-0.1, -0.05) is 42.0 Å². The number of rotatable bonds is 4. The van der Waals surface area contributed by atoms with Crippen LogP contribution >= 0.6 is 0 Å². The molecule has 2 rings (SSSR count). The van der Waals surface area contributed by atoms with Crippen LogP contribution in [-0.2, 0) is 11.3 Å². The molecule has 0 saturated heterocycles. The summed E-state index contributed by atoms with van der Waals surface area (Å²) in [5.41, 5.74) is 3.46. The van der Waals surface area contributed by atoms with E-state index in [1.165, 1.54) is 11.1 Å². The summed E-state index contributed by atoms with van der Waals surface area (Å²) in [5, 5.41) is 6.14. The molecule has 0 radical (unpaired) electrons. The molecule has 1 amide bonds. The highest BCUT2D eigenvalue weighted by molar-refractivity contribution is 5.89. The van der Waals surface area contributed by atoms with Gasteiger partial charge in [0.25, 0.3) is 0 Å². The Balaban J connectivity index is 2.02. The standard InChI is InChI=1S/C19H24N2O2/c1-14-9-11-15(12-10-14)13-20-16-7-5-6-8-17(16)21-18(22)23-19(2,3)4/h5-12,20H,13H2,1-4H3,(H,21,22). The molecular weight excluding hydrogens is 288 g/mol. The fourth-order valence-corrected chi connectivity index (χ4v) is 2.06. The number of para-hydroxylation sites is 2. The van der Waals surface area contributed by atoms with Crippen LogP contribution in [0.5, 0.6) is 0 Å². The SMILES string of the molecule is Cc1ccc(CNc2ccccc2NC(=O)OC(C)(C)C)cc1. The van der Waals surface area contributed by atoms with Gasteiger partial charge in [0.15, 0.2) is 0 Å². The molecule has 122 valence electrons. The maximum atomic E-state index is 11.9. The number of hydrogen-bond acceptors (Lipinski definition) is 3. The lowest BCUT2D eigenvalue weighted by Crippen LogP contribution is -2.27. The van der Waals surface area contributed by atoms with Gasteiger partial charge in [-0.15, -0.1) is 0 Å². The Kier molecular flexibility index (Phi) is 5.27. The van der Waals surface area contributed by atoms with Crippen molar-refractivity contribution in [1.82, 2.24) is 0 Å².